The van der Waals surface area contributed by atoms with Crippen LogP contribution in [0, 0.1) is 12.8 Å². The van der Waals surface area contributed by atoms with Crippen molar-refractivity contribution in [3.05, 3.63) is 28.8 Å². The van der Waals surface area contributed by atoms with Gasteiger partial charge in [0.15, 0.2) is 0 Å². The number of hydrogen-bond donors (Lipinski definition) is 2. The maximum atomic E-state index is 12.2. The molecule has 0 aliphatic rings. The van der Waals surface area contributed by atoms with E-state index < -0.39 is 22.0 Å². The highest BCUT2D eigenvalue weighted by atomic mass is 35.5. The van der Waals surface area contributed by atoms with Gasteiger partial charge in [-0.15, -0.1) is 0 Å². The highest BCUT2D eigenvalue weighted by Crippen LogP contribution is 2.23. The van der Waals surface area contributed by atoms with Gasteiger partial charge in [0, 0.05) is 5.02 Å². The molecule has 0 heterocycles. The van der Waals surface area contributed by atoms with Crippen LogP contribution in [0.15, 0.2) is 23.1 Å². The molecule has 1 atom stereocenters. The first-order valence-corrected chi connectivity index (χ1v) is 7.53. The van der Waals surface area contributed by atoms with Gasteiger partial charge in [-0.3, -0.25) is 4.79 Å². The van der Waals surface area contributed by atoms with E-state index in [0.29, 0.717) is 10.6 Å². The second kappa shape index (κ2) is 5.90. The minimum absolute atomic E-state index is 0.00750. The Labute approximate surface area is 117 Å². The summed E-state index contributed by atoms with van der Waals surface area (Å²) in [5, 5.41) is 9.34. The molecule has 1 aromatic rings. The molecule has 0 aromatic heterocycles. The fourth-order valence-electron chi connectivity index (χ4n) is 1.58. The molecule has 19 heavy (non-hydrogen) atoms. The van der Waals surface area contributed by atoms with E-state index >= 15 is 0 Å². The zero-order valence-electron chi connectivity index (χ0n) is 10.8. The second-order valence-electron chi connectivity index (χ2n) is 4.54. The summed E-state index contributed by atoms with van der Waals surface area (Å²) in [6.07, 6.45) is 0. The molecule has 0 aliphatic carbocycles. The van der Waals surface area contributed by atoms with Crippen molar-refractivity contribution in [3.8, 4) is 0 Å². The SMILES string of the molecule is Cc1c(Cl)cccc1S(=O)(=O)NC(C(=O)O)C(C)C. The molecular weight excluding hydrogens is 290 g/mol. The van der Waals surface area contributed by atoms with E-state index in [1.165, 1.54) is 12.1 Å². The van der Waals surface area contributed by atoms with Crippen LogP contribution < -0.4 is 4.72 Å². The Bertz CT molecular complexity index is 583. The van der Waals surface area contributed by atoms with Crippen molar-refractivity contribution in [1.82, 2.24) is 4.72 Å². The minimum atomic E-state index is -3.92. The van der Waals surface area contributed by atoms with Gasteiger partial charge in [0.05, 0.1) is 4.90 Å². The van der Waals surface area contributed by atoms with Gasteiger partial charge in [-0.25, -0.2) is 8.42 Å². The lowest BCUT2D eigenvalue weighted by atomic mass is 10.1. The molecule has 5 nitrogen and oxygen atoms in total. The lowest BCUT2D eigenvalue weighted by molar-refractivity contribution is -0.140. The first-order chi connectivity index (χ1) is 8.66. The van der Waals surface area contributed by atoms with E-state index in [1.54, 1.807) is 26.8 Å². The Hall–Kier alpha value is -1.11. The first-order valence-electron chi connectivity index (χ1n) is 5.67. The summed E-state index contributed by atoms with van der Waals surface area (Å²) < 4.78 is 26.6. The molecular formula is C12H16ClNO4S. The third-order valence-electron chi connectivity index (χ3n) is 2.72. The van der Waals surface area contributed by atoms with Crippen molar-refractivity contribution in [3.63, 3.8) is 0 Å². The van der Waals surface area contributed by atoms with Gasteiger partial charge in [-0.05, 0) is 30.5 Å². The molecule has 0 aliphatic heterocycles. The number of hydrogen-bond acceptors (Lipinski definition) is 3. The first kappa shape index (κ1) is 15.9. The molecule has 0 spiro atoms. The lowest BCUT2D eigenvalue weighted by Gasteiger charge is -2.19. The fourth-order valence-corrected chi connectivity index (χ4v) is 3.42. The summed E-state index contributed by atoms with van der Waals surface area (Å²) in [7, 11) is -3.92. The van der Waals surface area contributed by atoms with Gasteiger partial charge in [-0.1, -0.05) is 31.5 Å². The lowest BCUT2D eigenvalue weighted by Crippen LogP contribution is -2.44. The standard InChI is InChI=1S/C12H16ClNO4S/c1-7(2)11(12(15)16)14-19(17,18)10-6-4-5-9(13)8(10)3/h4-7,11,14H,1-3H3,(H,15,16). The van der Waals surface area contributed by atoms with E-state index in [4.69, 9.17) is 16.7 Å². The summed E-state index contributed by atoms with van der Waals surface area (Å²) in [6, 6.07) is 3.30. The maximum absolute atomic E-state index is 12.2. The number of rotatable bonds is 5. The van der Waals surface area contributed by atoms with Crippen LogP contribution in [0.1, 0.15) is 19.4 Å². The number of carboxylic acid groups (broad SMARTS) is 1. The molecule has 0 saturated carbocycles. The van der Waals surface area contributed by atoms with E-state index in [-0.39, 0.29) is 10.8 Å². The van der Waals surface area contributed by atoms with Crippen LogP contribution in [0.5, 0.6) is 0 Å². The Kier molecular flexibility index (Phi) is 4.95. The Morgan fingerprint density at radius 2 is 1.95 bits per heavy atom. The summed E-state index contributed by atoms with van der Waals surface area (Å²) in [5.74, 6) is -1.58. The predicted octanol–water partition coefficient (Wildman–Crippen LogP) is 2.04. The van der Waals surface area contributed by atoms with Gasteiger partial charge in [0.2, 0.25) is 10.0 Å². The Balaban J connectivity index is 3.18. The third kappa shape index (κ3) is 3.68. The summed E-state index contributed by atoms with van der Waals surface area (Å²) in [4.78, 5) is 11.0. The van der Waals surface area contributed by atoms with Crippen LogP contribution >= 0.6 is 11.6 Å². The van der Waals surface area contributed by atoms with Crippen molar-refractivity contribution in [2.75, 3.05) is 0 Å². The zero-order valence-corrected chi connectivity index (χ0v) is 12.4. The summed E-state index contributed by atoms with van der Waals surface area (Å²) in [6.45, 7) is 4.83. The van der Waals surface area contributed by atoms with Crippen molar-refractivity contribution >= 4 is 27.6 Å². The smallest absolute Gasteiger partial charge is 0.322 e. The summed E-state index contributed by atoms with van der Waals surface area (Å²) in [5.41, 5.74) is 0.393. The molecule has 0 bridgehead atoms. The molecule has 0 fully saturated rings. The van der Waals surface area contributed by atoms with Crippen molar-refractivity contribution in [2.45, 2.75) is 31.7 Å². The Morgan fingerprint density at radius 1 is 1.37 bits per heavy atom. The molecule has 7 heteroatoms. The highest BCUT2D eigenvalue weighted by molar-refractivity contribution is 7.89. The van der Waals surface area contributed by atoms with Crippen LogP contribution in [0.2, 0.25) is 5.02 Å². The number of aliphatic carboxylic acids is 1. The van der Waals surface area contributed by atoms with Crippen LogP contribution in [0.25, 0.3) is 0 Å². The molecule has 0 saturated heterocycles. The average molecular weight is 306 g/mol. The van der Waals surface area contributed by atoms with Gasteiger partial charge >= 0.3 is 5.97 Å². The molecule has 0 radical (unpaired) electrons. The molecule has 1 rings (SSSR count). The quantitative estimate of drug-likeness (QED) is 0.872. The highest BCUT2D eigenvalue weighted by Gasteiger charge is 2.29. The van der Waals surface area contributed by atoms with E-state index in [1.807, 2.05) is 0 Å². The van der Waals surface area contributed by atoms with Gasteiger partial charge in [0.1, 0.15) is 6.04 Å². The predicted molar refractivity (Wildman–Crippen MR) is 72.8 cm³/mol. The number of carboxylic acids is 1. The van der Waals surface area contributed by atoms with Crippen LogP contribution in [0.4, 0.5) is 0 Å². The number of halogens is 1. The topological polar surface area (TPSA) is 83.5 Å². The summed E-state index contributed by atoms with van der Waals surface area (Å²) >= 11 is 5.87. The number of carbonyl (C=O) groups is 1. The van der Waals surface area contributed by atoms with Gasteiger partial charge in [0.25, 0.3) is 0 Å². The molecule has 1 unspecified atom stereocenters. The fraction of sp³-hybridized carbons (Fsp3) is 0.417. The molecule has 106 valence electrons. The third-order valence-corrected chi connectivity index (χ3v) is 4.72. The molecule has 1 aromatic carbocycles. The van der Waals surface area contributed by atoms with E-state index in [9.17, 15) is 13.2 Å². The normalized spacial score (nSPS) is 13.5. The van der Waals surface area contributed by atoms with Crippen molar-refractivity contribution in [2.24, 2.45) is 5.92 Å². The largest absolute Gasteiger partial charge is 0.480 e. The van der Waals surface area contributed by atoms with E-state index in [2.05, 4.69) is 4.72 Å². The van der Waals surface area contributed by atoms with Gasteiger partial charge in [-0.2, -0.15) is 4.72 Å². The number of sulfonamides is 1. The van der Waals surface area contributed by atoms with Gasteiger partial charge < -0.3 is 5.11 Å². The zero-order chi connectivity index (χ0) is 14.8. The van der Waals surface area contributed by atoms with Crippen molar-refractivity contribution in [1.29, 1.82) is 0 Å². The Morgan fingerprint density at radius 3 is 2.42 bits per heavy atom. The maximum Gasteiger partial charge on any atom is 0.322 e. The van der Waals surface area contributed by atoms with Crippen LogP contribution in [-0.2, 0) is 14.8 Å². The second-order valence-corrected chi connectivity index (χ2v) is 6.63. The number of benzene rings is 1. The average Bonchev–Trinajstić information content (AvgIpc) is 2.28. The minimum Gasteiger partial charge on any atom is -0.480 e. The van der Waals surface area contributed by atoms with Crippen molar-refractivity contribution < 1.29 is 18.3 Å². The molecule has 2 N–H and O–H groups in total. The van der Waals surface area contributed by atoms with Crippen LogP contribution in [-0.4, -0.2) is 25.5 Å². The molecule has 0 amide bonds. The number of nitrogens with one attached hydrogen (secondary N) is 1. The van der Waals surface area contributed by atoms with Crippen LogP contribution in [0.3, 0.4) is 0 Å². The monoisotopic (exact) mass is 305 g/mol. The van der Waals surface area contributed by atoms with E-state index in [0.717, 1.165) is 0 Å².